The highest BCUT2D eigenvalue weighted by molar-refractivity contribution is 5.98. The molecular formula is C23H39F2N5O2. The average molecular weight is 456 g/mol. The van der Waals surface area contributed by atoms with E-state index in [1.807, 2.05) is 6.92 Å². The molecule has 9 heteroatoms. The molecule has 4 rings (SSSR count). The fraction of sp³-hybridized carbons (Fsp3) is 0.913. The van der Waals surface area contributed by atoms with E-state index in [0.29, 0.717) is 50.4 Å². The van der Waals surface area contributed by atoms with E-state index in [-0.39, 0.29) is 36.2 Å². The molecule has 182 valence electrons. The highest BCUT2D eigenvalue weighted by atomic mass is 19.1. The maximum atomic E-state index is 13.5. The van der Waals surface area contributed by atoms with Crippen molar-refractivity contribution in [3.05, 3.63) is 0 Å². The van der Waals surface area contributed by atoms with Gasteiger partial charge in [0.05, 0.1) is 12.1 Å². The zero-order chi connectivity index (χ0) is 22.5. The highest BCUT2D eigenvalue weighted by Gasteiger charge is 2.34. The number of rotatable bonds is 5. The summed E-state index contributed by atoms with van der Waals surface area (Å²) in [6.07, 6.45) is 6.40. The van der Waals surface area contributed by atoms with Crippen molar-refractivity contribution in [2.24, 2.45) is 16.8 Å². The van der Waals surface area contributed by atoms with E-state index in [1.54, 1.807) is 0 Å². The molecule has 0 aromatic carbocycles. The molecule has 4 unspecified atom stereocenters. The minimum absolute atomic E-state index is 0.0168. The molecule has 4 aliphatic rings. The Bertz CT molecular complexity index is 644. The molecule has 2 aliphatic heterocycles. The van der Waals surface area contributed by atoms with Gasteiger partial charge in [-0.05, 0) is 77.0 Å². The monoisotopic (exact) mass is 455 g/mol. The SMILES string of the molecule is CC(N/C(=N\C1CC(C2CCC(F)CC2)NN1)NC(=O)C1CCC(F)CC1)C1CCCO1. The van der Waals surface area contributed by atoms with Crippen molar-refractivity contribution >= 4 is 11.9 Å². The van der Waals surface area contributed by atoms with Gasteiger partial charge in [-0.3, -0.25) is 15.5 Å². The minimum atomic E-state index is -0.789. The van der Waals surface area contributed by atoms with Crippen LogP contribution in [0.15, 0.2) is 4.99 Å². The van der Waals surface area contributed by atoms with Crippen molar-refractivity contribution < 1.29 is 18.3 Å². The number of alkyl halides is 2. The van der Waals surface area contributed by atoms with E-state index < -0.39 is 12.3 Å². The highest BCUT2D eigenvalue weighted by Crippen LogP contribution is 2.31. The first kappa shape index (κ1) is 23.8. The number of hydrazine groups is 1. The number of hydrogen-bond acceptors (Lipinski definition) is 5. The molecule has 2 saturated heterocycles. The van der Waals surface area contributed by atoms with E-state index in [1.165, 1.54) is 0 Å². The first-order chi connectivity index (χ1) is 15.5. The number of halogens is 2. The van der Waals surface area contributed by atoms with E-state index in [0.717, 1.165) is 38.7 Å². The molecule has 4 atom stereocenters. The number of amides is 1. The van der Waals surface area contributed by atoms with Crippen molar-refractivity contribution in [3.63, 3.8) is 0 Å². The predicted molar refractivity (Wildman–Crippen MR) is 119 cm³/mol. The Morgan fingerprint density at radius 3 is 2.34 bits per heavy atom. The summed E-state index contributed by atoms with van der Waals surface area (Å²) < 4.78 is 32.8. The fourth-order valence-electron chi connectivity index (χ4n) is 5.54. The van der Waals surface area contributed by atoms with Crippen LogP contribution >= 0.6 is 0 Å². The average Bonchev–Trinajstić information content (AvgIpc) is 3.47. The normalized spacial score (nSPS) is 39.6. The third-order valence-corrected chi connectivity index (χ3v) is 7.62. The van der Waals surface area contributed by atoms with E-state index in [2.05, 4.69) is 21.5 Å². The molecule has 2 heterocycles. The Balaban J connectivity index is 1.37. The number of guanidine groups is 1. The lowest BCUT2D eigenvalue weighted by atomic mass is 9.82. The second-order valence-electron chi connectivity index (χ2n) is 10.1. The predicted octanol–water partition coefficient (Wildman–Crippen LogP) is 2.86. The summed E-state index contributed by atoms with van der Waals surface area (Å²) in [6.45, 7) is 2.81. The van der Waals surface area contributed by atoms with E-state index in [4.69, 9.17) is 9.73 Å². The van der Waals surface area contributed by atoms with Crippen molar-refractivity contribution in [1.82, 2.24) is 21.5 Å². The summed E-state index contributed by atoms with van der Waals surface area (Å²) in [4.78, 5) is 17.7. The van der Waals surface area contributed by atoms with Crippen LogP contribution in [-0.2, 0) is 9.53 Å². The van der Waals surface area contributed by atoms with E-state index >= 15 is 0 Å². The van der Waals surface area contributed by atoms with Crippen LogP contribution in [-0.4, -0.2) is 55.2 Å². The topological polar surface area (TPSA) is 86.8 Å². The second kappa shape index (κ2) is 11.2. The quantitative estimate of drug-likeness (QED) is 0.378. The van der Waals surface area contributed by atoms with Crippen LogP contribution in [0.5, 0.6) is 0 Å². The number of carbonyl (C=O) groups is 1. The van der Waals surface area contributed by atoms with Crippen molar-refractivity contribution in [2.75, 3.05) is 6.61 Å². The molecule has 0 bridgehead atoms. The summed E-state index contributed by atoms with van der Waals surface area (Å²) in [5.74, 6) is 0.631. The standard InChI is InChI=1S/C23H39F2N5O2/c1-14(20-3-2-12-32-20)26-23(28-22(31)16-6-10-18(25)11-7-16)27-21-13-19(29-30-21)15-4-8-17(24)9-5-15/h14-21,29-30H,2-13H2,1H3,(H2,26,27,28,31). The largest absolute Gasteiger partial charge is 0.376 e. The van der Waals surface area contributed by atoms with Crippen LogP contribution in [0.25, 0.3) is 0 Å². The Kier molecular flexibility index (Phi) is 8.34. The summed E-state index contributed by atoms with van der Waals surface area (Å²) in [7, 11) is 0. The van der Waals surface area contributed by atoms with Crippen molar-refractivity contribution in [2.45, 2.75) is 114 Å². The van der Waals surface area contributed by atoms with Crippen LogP contribution in [0.4, 0.5) is 8.78 Å². The molecule has 1 amide bonds. The minimum Gasteiger partial charge on any atom is -0.376 e. The second-order valence-corrected chi connectivity index (χ2v) is 10.1. The van der Waals surface area contributed by atoms with Gasteiger partial charge in [-0.15, -0.1) is 0 Å². The van der Waals surface area contributed by atoms with Crippen LogP contribution in [0, 0.1) is 11.8 Å². The first-order valence-corrected chi connectivity index (χ1v) is 12.5. The lowest BCUT2D eigenvalue weighted by Gasteiger charge is -2.28. The summed E-state index contributed by atoms with van der Waals surface area (Å²) in [5, 5.41) is 6.35. The maximum absolute atomic E-state index is 13.5. The van der Waals surface area contributed by atoms with Gasteiger partial charge in [-0.1, -0.05) is 0 Å². The number of carbonyl (C=O) groups excluding carboxylic acids is 1. The third kappa shape index (κ3) is 6.38. The third-order valence-electron chi connectivity index (χ3n) is 7.62. The molecule has 2 aliphatic carbocycles. The number of aliphatic imine (C=N–C) groups is 1. The van der Waals surface area contributed by atoms with Gasteiger partial charge >= 0.3 is 0 Å². The fourth-order valence-corrected chi connectivity index (χ4v) is 5.54. The van der Waals surface area contributed by atoms with Gasteiger partial charge in [0.25, 0.3) is 0 Å². The number of ether oxygens (including phenoxy) is 1. The van der Waals surface area contributed by atoms with Crippen LogP contribution in [0.3, 0.4) is 0 Å². The van der Waals surface area contributed by atoms with Crippen LogP contribution < -0.4 is 21.5 Å². The Morgan fingerprint density at radius 1 is 1.00 bits per heavy atom. The molecule has 0 aromatic rings. The summed E-state index contributed by atoms with van der Waals surface area (Å²) in [6, 6.07) is 0.270. The Morgan fingerprint density at radius 2 is 1.69 bits per heavy atom. The van der Waals surface area contributed by atoms with Crippen LogP contribution in [0.1, 0.15) is 77.6 Å². The zero-order valence-corrected chi connectivity index (χ0v) is 19.1. The molecule has 4 N–H and O–H groups in total. The Hall–Kier alpha value is -1.32. The number of nitrogens with zero attached hydrogens (tertiary/aromatic N) is 1. The van der Waals surface area contributed by atoms with E-state index in [9.17, 15) is 13.6 Å². The number of hydrogen-bond donors (Lipinski definition) is 4. The Labute approximate surface area is 189 Å². The molecular weight excluding hydrogens is 416 g/mol. The molecule has 0 radical (unpaired) electrons. The van der Waals surface area contributed by atoms with Crippen molar-refractivity contribution in [3.8, 4) is 0 Å². The molecule has 7 nitrogen and oxygen atoms in total. The maximum Gasteiger partial charge on any atom is 0.229 e. The summed E-state index contributed by atoms with van der Waals surface area (Å²) >= 11 is 0. The van der Waals surface area contributed by atoms with Gasteiger partial charge in [0.15, 0.2) is 5.96 Å². The summed E-state index contributed by atoms with van der Waals surface area (Å²) in [5.41, 5.74) is 6.58. The molecule has 32 heavy (non-hydrogen) atoms. The lowest BCUT2D eigenvalue weighted by molar-refractivity contribution is -0.124. The van der Waals surface area contributed by atoms with Crippen molar-refractivity contribution in [1.29, 1.82) is 0 Å². The van der Waals surface area contributed by atoms with Gasteiger partial charge in [-0.2, -0.15) is 0 Å². The van der Waals surface area contributed by atoms with Gasteiger partial charge in [0.2, 0.25) is 5.91 Å². The molecule has 2 saturated carbocycles. The number of nitrogens with one attached hydrogen (secondary N) is 4. The lowest BCUT2D eigenvalue weighted by Crippen LogP contribution is -2.51. The molecule has 0 spiro atoms. The first-order valence-electron chi connectivity index (χ1n) is 12.5. The zero-order valence-electron chi connectivity index (χ0n) is 19.1. The molecule has 0 aromatic heterocycles. The van der Waals surface area contributed by atoms with Gasteiger partial charge in [-0.25, -0.2) is 19.2 Å². The van der Waals surface area contributed by atoms with Gasteiger partial charge in [0, 0.05) is 25.0 Å². The smallest absolute Gasteiger partial charge is 0.229 e. The van der Waals surface area contributed by atoms with Gasteiger partial charge < -0.3 is 10.1 Å². The van der Waals surface area contributed by atoms with Crippen LogP contribution in [0.2, 0.25) is 0 Å². The van der Waals surface area contributed by atoms with Gasteiger partial charge in [0.1, 0.15) is 18.5 Å². The molecule has 4 fully saturated rings.